The van der Waals surface area contributed by atoms with Crippen molar-refractivity contribution in [2.75, 3.05) is 0 Å². The SMILES string of the molecule is CC(C)(C)c1ccc(Cc2c(O)ccc3ccccc23)cc1. The zero-order valence-corrected chi connectivity index (χ0v) is 13.4. The Kier molecular flexibility index (Phi) is 3.66. The molecule has 3 aromatic rings. The van der Waals surface area contributed by atoms with Gasteiger partial charge in [-0.2, -0.15) is 0 Å². The third-order valence-electron chi connectivity index (χ3n) is 4.22. The molecule has 0 spiro atoms. The van der Waals surface area contributed by atoms with Gasteiger partial charge in [-0.25, -0.2) is 0 Å². The summed E-state index contributed by atoms with van der Waals surface area (Å²) in [5.74, 6) is 0.374. The van der Waals surface area contributed by atoms with Crippen molar-refractivity contribution >= 4 is 10.8 Å². The second-order valence-corrected chi connectivity index (χ2v) is 6.91. The number of hydrogen-bond donors (Lipinski definition) is 1. The normalized spacial score (nSPS) is 11.8. The maximum absolute atomic E-state index is 10.3. The Morgan fingerprint density at radius 2 is 1.50 bits per heavy atom. The molecule has 22 heavy (non-hydrogen) atoms. The topological polar surface area (TPSA) is 20.2 Å². The summed E-state index contributed by atoms with van der Waals surface area (Å²) in [5, 5.41) is 12.5. The summed E-state index contributed by atoms with van der Waals surface area (Å²) in [6, 6.07) is 20.7. The highest BCUT2D eigenvalue weighted by Crippen LogP contribution is 2.30. The zero-order valence-electron chi connectivity index (χ0n) is 13.4. The minimum atomic E-state index is 0.167. The molecule has 1 nitrogen and oxygen atoms in total. The molecule has 3 rings (SSSR count). The van der Waals surface area contributed by atoms with E-state index in [2.05, 4.69) is 57.2 Å². The molecule has 0 saturated carbocycles. The van der Waals surface area contributed by atoms with Gasteiger partial charge >= 0.3 is 0 Å². The summed E-state index contributed by atoms with van der Waals surface area (Å²) in [7, 11) is 0. The van der Waals surface area contributed by atoms with E-state index in [0.717, 1.165) is 17.4 Å². The predicted molar refractivity (Wildman–Crippen MR) is 93.6 cm³/mol. The lowest BCUT2D eigenvalue weighted by Crippen LogP contribution is -2.10. The van der Waals surface area contributed by atoms with Gasteiger partial charge in [0.2, 0.25) is 0 Å². The van der Waals surface area contributed by atoms with Gasteiger partial charge in [0, 0.05) is 12.0 Å². The van der Waals surface area contributed by atoms with Crippen molar-refractivity contribution in [2.45, 2.75) is 32.6 Å². The van der Waals surface area contributed by atoms with E-state index >= 15 is 0 Å². The van der Waals surface area contributed by atoms with Crippen LogP contribution < -0.4 is 0 Å². The average molecular weight is 290 g/mol. The molecule has 0 aliphatic rings. The summed E-state index contributed by atoms with van der Waals surface area (Å²) < 4.78 is 0. The first kappa shape index (κ1) is 14.6. The summed E-state index contributed by atoms with van der Waals surface area (Å²) in [6.07, 6.45) is 0.748. The van der Waals surface area contributed by atoms with Crippen LogP contribution in [0.2, 0.25) is 0 Å². The highest BCUT2D eigenvalue weighted by Gasteiger charge is 2.13. The molecule has 0 heterocycles. The average Bonchev–Trinajstić information content (AvgIpc) is 2.50. The van der Waals surface area contributed by atoms with E-state index < -0.39 is 0 Å². The van der Waals surface area contributed by atoms with Crippen LogP contribution in [-0.2, 0) is 11.8 Å². The fourth-order valence-corrected chi connectivity index (χ4v) is 2.84. The third-order valence-corrected chi connectivity index (χ3v) is 4.22. The quantitative estimate of drug-likeness (QED) is 0.667. The summed E-state index contributed by atoms with van der Waals surface area (Å²) >= 11 is 0. The Labute approximate surface area is 132 Å². The molecule has 0 aromatic heterocycles. The van der Waals surface area contributed by atoms with E-state index in [1.165, 1.54) is 16.5 Å². The van der Waals surface area contributed by atoms with Crippen molar-refractivity contribution < 1.29 is 5.11 Å². The number of fused-ring (bicyclic) bond motifs is 1. The lowest BCUT2D eigenvalue weighted by Gasteiger charge is -2.19. The van der Waals surface area contributed by atoms with Crippen molar-refractivity contribution in [2.24, 2.45) is 0 Å². The highest BCUT2D eigenvalue weighted by molar-refractivity contribution is 5.88. The molecule has 0 atom stereocenters. The maximum Gasteiger partial charge on any atom is 0.119 e. The van der Waals surface area contributed by atoms with Crippen LogP contribution >= 0.6 is 0 Å². The van der Waals surface area contributed by atoms with Crippen LogP contribution in [0.3, 0.4) is 0 Å². The van der Waals surface area contributed by atoms with Crippen LogP contribution in [0.15, 0.2) is 60.7 Å². The van der Waals surface area contributed by atoms with Gasteiger partial charge < -0.3 is 5.11 Å². The van der Waals surface area contributed by atoms with E-state index in [4.69, 9.17) is 0 Å². The number of phenols is 1. The van der Waals surface area contributed by atoms with E-state index in [1.54, 1.807) is 6.07 Å². The first-order valence-electron chi connectivity index (χ1n) is 7.74. The molecule has 112 valence electrons. The van der Waals surface area contributed by atoms with Gasteiger partial charge in [0.15, 0.2) is 0 Å². The fraction of sp³-hybridized carbons (Fsp3) is 0.238. The van der Waals surface area contributed by atoms with Gasteiger partial charge in [0.05, 0.1) is 0 Å². The van der Waals surface area contributed by atoms with E-state index in [9.17, 15) is 5.11 Å². The molecule has 3 aromatic carbocycles. The van der Waals surface area contributed by atoms with Gasteiger partial charge in [-0.15, -0.1) is 0 Å². The molecule has 0 fully saturated rings. The summed E-state index contributed by atoms with van der Waals surface area (Å²) in [6.45, 7) is 6.66. The molecule has 0 saturated heterocycles. The first-order valence-corrected chi connectivity index (χ1v) is 7.74. The first-order chi connectivity index (χ1) is 10.4. The van der Waals surface area contributed by atoms with Crippen LogP contribution in [0.25, 0.3) is 10.8 Å². The Balaban J connectivity index is 1.98. The highest BCUT2D eigenvalue weighted by atomic mass is 16.3. The predicted octanol–water partition coefficient (Wildman–Crippen LogP) is 5.43. The fourth-order valence-electron chi connectivity index (χ4n) is 2.84. The van der Waals surface area contributed by atoms with Gasteiger partial charge in [0.25, 0.3) is 0 Å². The molecule has 0 aliphatic heterocycles. The Hall–Kier alpha value is -2.28. The molecule has 0 unspecified atom stereocenters. The Morgan fingerprint density at radius 3 is 2.18 bits per heavy atom. The van der Waals surface area contributed by atoms with Gasteiger partial charge in [-0.1, -0.05) is 75.4 Å². The van der Waals surface area contributed by atoms with E-state index in [0.29, 0.717) is 5.75 Å². The second kappa shape index (κ2) is 5.49. The van der Waals surface area contributed by atoms with Crippen molar-refractivity contribution in [1.82, 2.24) is 0 Å². The minimum Gasteiger partial charge on any atom is -0.508 e. The number of hydrogen-bond acceptors (Lipinski definition) is 1. The third kappa shape index (κ3) is 2.85. The van der Waals surface area contributed by atoms with Gasteiger partial charge in [0.1, 0.15) is 5.75 Å². The smallest absolute Gasteiger partial charge is 0.119 e. The number of rotatable bonds is 2. The maximum atomic E-state index is 10.3. The van der Waals surface area contributed by atoms with Crippen LogP contribution in [0.4, 0.5) is 0 Å². The molecule has 0 bridgehead atoms. The largest absolute Gasteiger partial charge is 0.508 e. The van der Waals surface area contributed by atoms with Crippen molar-refractivity contribution in [1.29, 1.82) is 0 Å². The van der Waals surface area contributed by atoms with E-state index in [1.807, 2.05) is 18.2 Å². The van der Waals surface area contributed by atoms with Crippen molar-refractivity contribution in [3.05, 3.63) is 77.4 Å². The Morgan fingerprint density at radius 1 is 0.818 bits per heavy atom. The second-order valence-electron chi connectivity index (χ2n) is 6.91. The standard InChI is InChI=1S/C21H22O/c1-21(2,3)17-11-8-15(9-12-17)14-19-18-7-5-4-6-16(18)10-13-20(19)22/h4-13,22H,14H2,1-3H3. The summed E-state index contributed by atoms with van der Waals surface area (Å²) in [5.41, 5.74) is 3.72. The van der Waals surface area contributed by atoms with Crippen molar-refractivity contribution in [3.63, 3.8) is 0 Å². The number of phenolic OH excluding ortho intramolecular Hbond substituents is 1. The number of benzene rings is 3. The number of aromatic hydroxyl groups is 1. The van der Waals surface area contributed by atoms with Crippen LogP contribution in [0, 0.1) is 0 Å². The molecule has 1 N–H and O–H groups in total. The molecule has 0 aliphatic carbocycles. The summed E-state index contributed by atoms with van der Waals surface area (Å²) in [4.78, 5) is 0. The monoisotopic (exact) mass is 290 g/mol. The zero-order chi connectivity index (χ0) is 15.7. The lowest BCUT2D eigenvalue weighted by atomic mass is 9.86. The lowest BCUT2D eigenvalue weighted by molar-refractivity contribution is 0.470. The van der Waals surface area contributed by atoms with Crippen LogP contribution in [0.5, 0.6) is 5.75 Å². The molecular formula is C21H22O. The van der Waals surface area contributed by atoms with Crippen molar-refractivity contribution in [3.8, 4) is 5.75 Å². The van der Waals surface area contributed by atoms with Crippen LogP contribution in [0.1, 0.15) is 37.5 Å². The molecule has 0 amide bonds. The minimum absolute atomic E-state index is 0.167. The van der Waals surface area contributed by atoms with Gasteiger partial charge in [-0.3, -0.25) is 0 Å². The molecular weight excluding hydrogens is 268 g/mol. The molecule has 0 radical (unpaired) electrons. The Bertz CT molecular complexity index is 792. The van der Waals surface area contributed by atoms with Gasteiger partial charge in [-0.05, 0) is 33.4 Å². The molecule has 1 heteroatoms. The van der Waals surface area contributed by atoms with Crippen LogP contribution in [-0.4, -0.2) is 5.11 Å². The van der Waals surface area contributed by atoms with E-state index in [-0.39, 0.29) is 5.41 Å².